The smallest absolute Gasteiger partial charge is 0.279 e. The number of hydrogen-bond donors (Lipinski definition) is 2. The second-order valence-corrected chi connectivity index (χ2v) is 6.92. The number of methoxy groups -OCH3 is 2. The number of rotatable bonds is 6. The predicted octanol–water partition coefficient (Wildman–Crippen LogP) is 2.51. The van der Waals surface area contributed by atoms with Gasteiger partial charge in [-0.2, -0.15) is 0 Å². The first-order valence-electron chi connectivity index (χ1n) is 9.14. The molecular weight excluding hydrogens is 347 g/mol. The molecule has 5 nitrogen and oxygen atoms in total. The number of amides is 1. The Morgan fingerprint density at radius 2 is 2.04 bits per heavy atom. The Hall–Kier alpha value is -2.60. The van der Waals surface area contributed by atoms with Crippen LogP contribution in [0.3, 0.4) is 0 Å². The van der Waals surface area contributed by atoms with Crippen LogP contribution in [0.1, 0.15) is 30.0 Å². The average Bonchev–Trinajstić information content (AvgIpc) is 3.11. The molecule has 27 heavy (non-hydrogen) atoms. The molecule has 1 amide bonds. The number of carbonyl (C=O) groups is 1. The minimum absolute atomic E-state index is 0.142. The third kappa shape index (κ3) is 4.39. The number of halogens is 1. The molecule has 1 aliphatic heterocycles. The van der Waals surface area contributed by atoms with Crippen molar-refractivity contribution >= 4 is 11.6 Å². The number of nitrogens with one attached hydrogen (secondary N) is 2. The number of aryl methyl sites for hydroxylation is 1. The van der Waals surface area contributed by atoms with Gasteiger partial charge in [-0.05, 0) is 42.8 Å². The van der Waals surface area contributed by atoms with Crippen LogP contribution in [-0.2, 0) is 4.79 Å². The maximum absolute atomic E-state index is 14.0. The average molecular weight is 373 g/mol. The number of hydrogen-bond acceptors (Lipinski definition) is 3. The van der Waals surface area contributed by atoms with Gasteiger partial charge in [0.2, 0.25) is 0 Å². The Morgan fingerprint density at radius 1 is 1.22 bits per heavy atom. The van der Waals surface area contributed by atoms with E-state index in [2.05, 4.69) is 5.32 Å². The quantitative estimate of drug-likeness (QED) is 0.818. The standard InChI is InChI=1S/C21H25FN2O3/c1-14-6-8-18(17(22)11-14)23-21(25)13-24-10-4-5-19(24)16-12-15(26-2)7-9-20(16)27-3/h6-9,11-12,19H,4-5,10,13H2,1-3H3,(H,23,25)/p+1/t19-/m0/s1. The minimum atomic E-state index is -0.411. The van der Waals surface area contributed by atoms with Crippen molar-refractivity contribution in [1.29, 1.82) is 0 Å². The van der Waals surface area contributed by atoms with Gasteiger partial charge in [0, 0.05) is 12.8 Å². The summed E-state index contributed by atoms with van der Waals surface area (Å²) in [6, 6.07) is 10.7. The van der Waals surface area contributed by atoms with Crippen LogP contribution in [0.2, 0.25) is 0 Å². The van der Waals surface area contributed by atoms with Crippen LogP contribution < -0.4 is 19.7 Å². The van der Waals surface area contributed by atoms with E-state index in [9.17, 15) is 9.18 Å². The number of quaternary nitrogens is 1. The van der Waals surface area contributed by atoms with Crippen molar-refractivity contribution in [3.8, 4) is 11.5 Å². The molecule has 0 aliphatic carbocycles. The molecule has 0 spiro atoms. The highest BCUT2D eigenvalue weighted by atomic mass is 19.1. The molecule has 2 aromatic carbocycles. The van der Waals surface area contributed by atoms with E-state index in [4.69, 9.17) is 9.47 Å². The molecule has 1 fully saturated rings. The van der Waals surface area contributed by atoms with Crippen LogP contribution >= 0.6 is 0 Å². The Kier molecular flexibility index (Phi) is 5.96. The summed E-state index contributed by atoms with van der Waals surface area (Å²) >= 11 is 0. The zero-order valence-corrected chi connectivity index (χ0v) is 16.0. The Morgan fingerprint density at radius 3 is 2.74 bits per heavy atom. The van der Waals surface area contributed by atoms with Crippen LogP contribution in [0.15, 0.2) is 36.4 Å². The fourth-order valence-electron chi connectivity index (χ4n) is 3.73. The zero-order valence-electron chi connectivity index (χ0n) is 16.0. The van der Waals surface area contributed by atoms with E-state index in [-0.39, 0.29) is 24.2 Å². The maximum atomic E-state index is 14.0. The summed E-state index contributed by atoms with van der Waals surface area (Å²) in [6.45, 7) is 2.97. The lowest BCUT2D eigenvalue weighted by Gasteiger charge is -2.23. The SMILES string of the molecule is COc1ccc(OC)c([C@@H]2CCC[NH+]2CC(=O)Nc2ccc(C)cc2F)c1. The van der Waals surface area contributed by atoms with Gasteiger partial charge >= 0.3 is 0 Å². The van der Waals surface area contributed by atoms with E-state index in [0.717, 1.165) is 46.9 Å². The summed E-state index contributed by atoms with van der Waals surface area (Å²) in [5.41, 5.74) is 2.08. The molecule has 0 bridgehead atoms. The molecule has 2 atom stereocenters. The molecule has 2 N–H and O–H groups in total. The third-order valence-electron chi connectivity index (χ3n) is 5.08. The van der Waals surface area contributed by atoms with E-state index in [1.165, 1.54) is 6.07 Å². The lowest BCUT2D eigenvalue weighted by Crippen LogP contribution is -3.11. The van der Waals surface area contributed by atoms with Crippen molar-refractivity contribution in [2.75, 3.05) is 32.6 Å². The molecule has 1 unspecified atom stereocenters. The number of anilines is 1. The van der Waals surface area contributed by atoms with Gasteiger partial charge in [0.05, 0.1) is 32.0 Å². The highest BCUT2D eigenvalue weighted by Crippen LogP contribution is 2.31. The lowest BCUT2D eigenvalue weighted by atomic mass is 10.0. The molecule has 1 heterocycles. The van der Waals surface area contributed by atoms with E-state index in [1.807, 2.05) is 25.1 Å². The van der Waals surface area contributed by atoms with Gasteiger partial charge < -0.3 is 19.7 Å². The first-order chi connectivity index (χ1) is 13.0. The second kappa shape index (κ2) is 8.39. The van der Waals surface area contributed by atoms with Crippen LogP contribution in [0, 0.1) is 12.7 Å². The second-order valence-electron chi connectivity index (χ2n) is 6.92. The van der Waals surface area contributed by atoms with Gasteiger partial charge in [-0.15, -0.1) is 0 Å². The number of ether oxygens (including phenoxy) is 2. The van der Waals surface area contributed by atoms with E-state index in [0.29, 0.717) is 0 Å². The molecule has 6 heteroatoms. The van der Waals surface area contributed by atoms with Crippen molar-refractivity contribution in [2.24, 2.45) is 0 Å². The number of benzene rings is 2. The molecule has 0 aromatic heterocycles. The van der Waals surface area contributed by atoms with Crippen molar-refractivity contribution in [2.45, 2.75) is 25.8 Å². The zero-order chi connectivity index (χ0) is 19.4. The van der Waals surface area contributed by atoms with E-state index in [1.54, 1.807) is 26.4 Å². The molecule has 1 aliphatic rings. The van der Waals surface area contributed by atoms with Crippen LogP contribution in [0.5, 0.6) is 11.5 Å². The Balaban J connectivity index is 1.74. The fraction of sp³-hybridized carbons (Fsp3) is 0.381. The summed E-state index contributed by atoms with van der Waals surface area (Å²) < 4.78 is 24.9. The predicted molar refractivity (Wildman–Crippen MR) is 102 cm³/mol. The number of carbonyl (C=O) groups excluding carboxylic acids is 1. The van der Waals surface area contributed by atoms with Gasteiger partial charge in [0.15, 0.2) is 6.54 Å². The maximum Gasteiger partial charge on any atom is 0.279 e. The molecule has 0 radical (unpaired) electrons. The van der Waals surface area contributed by atoms with Gasteiger partial charge in [0.25, 0.3) is 5.91 Å². The Bertz CT molecular complexity index is 825. The molecule has 144 valence electrons. The van der Waals surface area contributed by atoms with E-state index >= 15 is 0 Å². The van der Waals surface area contributed by atoms with Crippen LogP contribution in [0.4, 0.5) is 10.1 Å². The minimum Gasteiger partial charge on any atom is -0.497 e. The molecule has 2 aromatic rings. The van der Waals surface area contributed by atoms with Crippen molar-refractivity contribution in [3.63, 3.8) is 0 Å². The van der Waals surface area contributed by atoms with Crippen molar-refractivity contribution in [1.82, 2.24) is 0 Å². The van der Waals surface area contributed by atoms with Gasteiger partial charge in [0.1, 0.15) is 23.4 Å². The lowest BCUT2D eigenvalue weighted by molar-refractivity contribution is -0.910. The largest absolute Gasteiger partial charge is 0.497 e. The fourth-order valence-corrected chi connectivity index (χ4v) is 3.73. The van der Waals surface area contributed by atoms with Crippen LogP contribution in [-0.4, -0.2) is 33.2 Å². The summed E-state index contributed by atoms with van der Waals surface area (Å²) in [7, 11) is 3.28. The summed E-state index contributed by atoms with van der Waals surface area (Å²) in [5, 5.41) is 2.70. The normalized spacial score (nSPS) is 19.0. The first-order valence-corrected chi connectivity index (χ1v) is 9.14. The van der Waals surface area contributed by atoms with Crippen LogP contribution in [0.25, 0.3) is 0 Å². The topological polar surface area (TPSA) is 52.0 Å². The van der Waals surface area contributed by atoms with Crippen molar-refractivity contribution < 1.29 is 23.6 Å². The van der Waals surface area contributed by atoms with E-state index < -0.39 is 5.82 Å². The van der Waals surface area contributed by atoms with Crippen molar-refractivity contribution in [3.05, 3.63) is 53.3 Å². The van der Waals surface area contributed by atoms with Gasteiger partial charge in [-0.3, -0.25) is 4.79 Å². The number of likely N-dealkylation sites (tertiary alicyclic amines) is 1. The highest BCUT2D eigenvalue weighted by molar-refractivity contribution is 5.91. The third-order valence-corrected chi connectivity index (χ3v) is 5.08. The van der Waals surface area contributed by atoms with Gasteiger partial charge in [-0.1, -0.05) is 6.07 Å². The monoisotopic (exact) mass is 373 g/mol. The molecule has 3 rings (SSSR count). The highest BCUT2D eigenvalue weighted by Gasteiger charge is 2.34. The first kappa shape index (κ1) is 19.2. The summed E-state index contributed by atoms with van der Waals surface area (Å²) in [6.07, 6.45) is 1.98. The molecular formula is C21H26FN2O3+. The molecule has 1 saturated heterocycles. The Labute approximate surface area is 159 Å². The summed E-state index contributed by atoms with van der Waals surface area (Å²) in [5.74, 6) is 0.959. The van der Waals surface area contributed by atoms with Gasteiger partial charge in [-0.25, -0.2) is 4.39 Å². The summed E-state index contributed by atoms with van der Waals surface area (Å²) in [4.78, 5) is 13.7. The molecule has 0 saturated carbocycles.